The lowest BCUT2D eigenvalue weighted by molar-refractivity contribution is -0.120. The van der Waals surface area contributed by atoms with E-state index >= 15 is 8.78 Å². The summed E-state index contributed by atoms with van der Waals surface area (Å²) in [6, 6.07) is 0.243. The van der Waals surface area contributed by atoms with E-state index in [-0.39, 0.29) is 43.8 Å². The average Bonchev–Trinajstić information content (AvgIpc) is 3.18. The number of likely N-dealkylation sites (tertiary alicyclic amines) is 2. The van der Waals surface area contributed by atoms with Gasteiger partial charge in [0.25, 0.3) is 5.92 Å². The van der Waals surface area contributed by atoms with Crippen molar-refractivity contribution in [1.82, 2.24) is 24.7 Å². The fourth-order valence-electron chi connectivity index (χ4n) is 5.96. The van der Waals surface area contributed by atoms with E-state index in [4.69, 9.17) is 4.74 Å². The number of urea groups is 1. The van der Waals surface area contributed by atoms with Gasteiger partial charge in [0.2, 0.25) is 5.91 Å². The second kappa shape index (κ2) is 10.6. The minimum Gasteiger partial charge on any atom is -0.444 e. The highest BCUT2D eigenvalue weighted by molar-refractivity contribution is 6.06. The van der Waals surface area contributed by atoms with Crippen LogP contribution in [0.2, 0.25) is 0 Å². The van der Waals surface area contributed by atoms with E-state index in [2.05, 4.69) is 10.3 Å². The Morgan fingerprint density at radius 2 is 1.88 bits per heavy atom. The number of halogens is 2. The quantitative estimate of drug-likeness (QED) is 0.598. The summed E-state index contributed by atoms with van der Waals surface area (Å²) in [6.07, 6.45) is 4.92. The number of amides is 4. The molecule has 0 unspecified atom stereocenters. The van der Waals surface area contributed by atoms with E-state index in [0.717, 1.165) is 18.4 Å². The van der Waals surface area contributed by atoms with E-state index in [1.54, 1.807) is 21.7 Å². The van der Waals surface area contributed by atoms with Crippen LogP contribution in [0, 0.1) is 12.8 Å². The summed E-state index contributed by atoms with van der Waals surface area (Å²) in [5.74, 6) is -3.03. The normalized spacial score (nSPS) is 23.0. The molecular weight excluding hydrogens is 522 g/mol. The highest BCUT2D eigenvalue weighted by Crippen LogP contribution is 2.40. The van der Waals surface area contributed by atoms with Gasteiger partial charge >= 0.3 is 12.1 Å². The van der Waals surface area contributed by atoms with Gasteiger partial charge in [-0.1, -0.05) is 0 Å². The van der Waals surface area contributed by atoms with Crippen molar-refractivity contribution in [3.8, 4) is 0 Å². The topological polar surface area (TPSA) is 100 Å². The van der Waals surface area contributed by atoms with Crippen molar-refractivity contribution in [2.45, 2.75) is 70.9 Å². The summed E-state index contributed by atoms with van der Waals surface area (Å²) in [4.78, 5) is 45.6. The number of aryl methyl sites for hydroxylation is 1. The van der Waals surface area contributed by atoms with Crippen molar-refractivity contribution in [2.75, 3.05) is 44.2 Å². The van der Waals surface area contributed by atoms with Crippen molar-refractivity contribution >= 4 is 34.8 Å². The zero-order chi connectivity index (χ0) is 28.8. The average molecular weight is 561 g/mol. The molecule has 0 saturated carbocycles. The number of carbonyl (C=O) groups is 3. The van der Waals surface area contributed by atoms with Gasteiger partial charge in [0, 0.05) is 50.7 Å². The van der Waals surface area contributed by atoms with Crippen molar-refractivity contribution in [2.24, 2.45) is 5.92 Å². The molecule has 2 aromatic rings. The molecule has 12 heteroatoms. The Kier molecular flexibility index (Phi) is 7.49. The van der Waals surface area contributed by atoms with Gasteiger partial charge in [0.05, 0.1) is 18.4 Å². The van der Waals surface area contributed by atoms with Crippen molar-refractivity contribution < 1.29 is 27.9 Å². The summed E-state index contributed by atoms with van der Waals surface area (Å²) in [5, 5.41) is 3.00. The maximum Gasteiger partial charge on any atom is 0.410 e. The number of anilines is 1. The maximum absolute atomic E-state index is 15.6. The number of fused-ring (bicyclic) bond motifs is 1. The van der Waals surface area contributed by atoms with Crippen molar-refractivity contribution in [3.63, 3.8) is 0 Å². The Morgan fingerprint density at radius 1 is 1.15 bits per heavy atom. The van der Waals surface area contributed by atoms with E-state index in [9.17, 15) is 14.4 Å². The summed E-state index contributed by atoms with van der Waals surface area (Å²) < 4.78 is 38.3. The molecule has 218 valence electrons. The van der Waals surface area contributed by atoms with Gasteiger partial charge in [0.15, 0.2) is 0 Å². The smallest absolute Gasteiger partial charge is 0.410 e. The predicted molar refractivity (Wildman–Crippen MR) is 146 cm³/mol. The van der Waals surface area contributed by atoms with Gasteiger partial charge in [-0.2, -0.15) is 0 Å². The first kappa shape index (κ1) is 28.3. The molecule has 1 atom stereocenters. The van der Waals surface area contributed by atoms with Crippen LogP contribution in [0.25, 0.3) is 11.0 Å². The molecule has 0 spiro atoms. The van der Waals surface area contributed by atoms with E-state index in [1.165, 1.54) is 11.1 Å². The molecule has 0 aliphatic carbocycles. The third kappa shape index (κ3) is 5.91. The zero-order valence-corrected chi connectivity index (χ0v) is 23.6. The minimum absolute atomic E-state index is 0.192. The lowest BCUT2D eigenvalue weighted by Gasteiger charge is -2.41. The largest absolute Gasteiger partial charge is 0.444 e. The molecule has 5 heterocycles. The fraction of sp³-hybridized carbons (Fsp3) is 0.643. The first-order valence-corrected chi connectivity index (χ1v) is 14.0. The Hall–Kier alpha value is -3.28. The molecule has 3 saturated heterocycles. The predicted octanol–water partition coefficient (Wildman–Crippen LogP) is 4.32. The van der Waals surface area contributed by atoms with E-state index < -0.39 is 23.6 Å². The van der Waals surface area contributed by atoms with E-state index in [1.807, 2.05) is 32.6 Å². The summed E-state index contributed by atoms with van der Waals surface area (Å²) in [6.45, 7) is 9.56. The second-order valence-corrected chi connectivity index (χ2v) is 12.3. The summed E-state index contributed by atoms with van der Waals surface area (Å²) in [7, 11) is 0. The highest BCUT2D eigenvalue weighted by atomic mass is 19.3. The molecule has 3 aliphatic rings. The second-order valence-electron chi connectivity index (χ2n) is 12.3. The molecule has 3 aliphatic heterocycles. The Balaban J connectivity index is 1.22. The lowest BCUT2D eigenvalue weighted by Crippen LogP contribution is -2.51. The number of pyridine rings is 1. The molecule has 10 nitrogen and oxygen atoms in total. The molecule has 2 aromatic heterocycles. The van der Waals surface area contributed by atoms with Crippen molar-refractivity contribution in [3.05, 3.63) is 24.0 Å². The molecule has 3 fully saturated rings. The van der Waals surface area contributed by atoms with Crippen LogP contribution in [-0.4, -0.2) is 88.2 Å². The van der Waals surface area contributed by atoms with Gasteiger partial charge in [-0.15, -0.1) is 0 Å². The van der Waals surface area contributed by atoms with Crippen LogP contribution in [0.1, 0.15) is 58.1 Å². The van der Waals surface area contributed by atoms with Crippen LogP contribution in [0.4, 0.5) is 24.1 Å². The zero-order valence-electron chi connectivity index (χ0n) is 23.6. The molecule has 0 aromatic carbocycles. The first-order valence-electron chi connectivity index (χ1n) is 14.0. The number of aromatic nitrogens is 2. The van der Waals surface area contributed by atoms with Gasteiger partial charge in [0.1, 0.15) is 17.3 Å². The number of hydrogen-bond donors (Lipinski definition) is 1. The van der Waals surface area contributed by atoms with Crippen LogP contribution < -0.4 is 10.2 Å². The van der Waals surface area contributed by atoms with Crippen LogP contribution in [0.5, 0.6) is 0 Å². The third-order valence-corrected chi connectivity index (χ3v) is 7.98. The fourth-order valence-corrected chi connectivity index (χ4v) is 5.96. The molecule has 0 radical (unpaired) electrons. The van der Waals surface area contributed by atoms with Crippen LogP contribution >= 0.6 is 0 Å². The molecule has 0 bridgehead atoms. The number of nitrogens with zero attached hydrogens (tertiary/aromatic N) is 5. The third-order valence-electron chi connectivity index (χ3n) is 7.98. The highest BCUT2D eigenvalue weighted by Gasteiger charge is 2.46. The standard InChI is InChI=1S/C28H38F2N6O4/c1-18-15-36(24-21(18)13-20(14-31-24)35-12-8-23(37)32-25(35)38)22-7-9-33(17-28(22,29)30)16-19-5-10-34(11-6-19)26(39)40-27(2,3)4/h13-15,19,22H,5-12,16-17H2,1-4H3,(H,32,37,38)/t22-/m0/s1. The lowest BCUT2D eigenvalue weighted by atomic mass is 9.94. The van der Waals surface area contributed by atoms with Crippen LogP contribution in [0.3, 0.4) is 0 Å². The van der Waals surface area contributed by atoms with Crippen LogP contribution in [0.15, 0.2) is 18.5 Å². The number of hydrogen-bond acceptors (Lipinski definition) is 6. The molecule has 1 N–H and O–H groups in total. The molecule has 40 heavy (non-hydrogen) atoms. The Bertz CT molecular complexity index is 1300. The molecular formula is C28H38F2N6O4. The number of piperidine rings is 2. The summed E-state index contributed by atoms with van der Waals surface area (Å²) >= 11 is 0. The molecule has 4 amide bonds. The number of ether oxygens (including phenoxy) is 1. The molecule has 5 rings (SSSR count). The number of carbonyl (C=O) groups excluding carboxylic acids is 3. The number of imide groups is 1. The Labute approximate surface area is 232 Å². The van der Waals surface area contributed by atoms with Crippen LogP contribution in [-0.2, 0) is 9.53 Å². The summed E-state index contributed by atoms with van der Waals surface area (Å²) in [5.41, 5.74) is 1.24. The number of alkyl halides is 2. The first-order chi connectivity index (χ1) is 18.8. The monoisotopic (exact) mass is 560 g/mol. The Morgan fingerprint density at radius 3 is 2.52 bits per heavy atom. The van der Waals surface area contributed by atoms with Gasteiger partial charge < -0.3 is 14.2 Å². The maximum atomic E-state index is 15.6. The van der Waals surface area contributed by atoms with Gasteiger partial charge in [-0.3, -0.25) is 19.9 Å². The van der Waals surface area contributed by atoms with Gasteiger partial charge in [-0.25, -0.2) is 23.4 Å². The number of rotatable bonds is 4. The minimum atomic E-state index is -2.96. The van der Waals surface area contributed by atoms with E-state index in [0.29, 0.717) is 42.9 Å². The number of nitrogens with one attached hydrogen (secondary N) is 1. The van der Waals surface area contributed by atoms with Crippen molar-refractivity contribution in [1.29, 1.82) is 0 Å². The SMILES string of the molecule is Cc1cn([C@H]2CCN(CC3CCN(C(=O)OC(C)(C)C)CC3)CC2(F)F)c2ncc(N3CCC(=O)NC3=O)cc12. The van der Waals surface area contributed by atoms with Gasteiger partial charge in [-0.05, 0) is 64.5 Å².